The molecule has 130 valence electrons. The van der Waals surface area contributed by atoms with Crippen molar-refractivity contribution in [1.82, 2.24) is 14.6 Å². The van der Waals surface area contributed by atoms with Gasteiger partial charge < -0.3 is 10.4 Å². The Hall–Kier alpha value is -3.38. The monoisotopic (exact) mass is 370 g/mol. The van der Waals surface area contributed by atoms with E-state index in [0.29, 0.717) is 16.7 Å². The number of rotatable bonds is 1. The molecule has 1 aliphatic heterocycles. The zero-order valence-electron chi connectivity index (χ0n) is 14.1. The fourth-order valence-corrected chi connectivity index (χ4v) is 4.69. The highest BCUT2D eigenvalue weighted by atomic mass is 32.1. The lowest BCUT2D eigenvalue weighted by Crippen LogP contribution is -2.37. The molecule has 5 nitrogen and oxygen atoms in total. The van der Waals surface area contributed by atoms with Gasteiger partial charge in [-0.3, -0.25) is 4.79 Å². The third-order valence-corrected chi connectivity index (χ3v) is 6.06. The first-order valence-electron chi connectivity index (χ1n) is 8.74. The number of aromatic nitrogens is 3. The molecule has 27 heavy (non-hydrogen) atoms. The Kier molecular flexibility index (Phi) is 2.90. The van der Waals surface area contributed by atoms with Crippen molar-refractivity contribution in [3.05, 3.63) is 86.8 Å². The summed E-state index contributed by atoms with van der Waals surface area (Å²) in [4.78, 5) is 22.6. The molecule has 0 bridgehead atoms. The summed E-state index contributed by atoms with van der Waals surface area (Å²) < 4.78 is 1.59. The molecule has 4 heterocycles. The van der Waals surface area contributed by atoms with Crippen molar-refractivity contribution in [3.8, 4) is 11.5 Å². The summed E-state index contributed by atoms with van der Waals surface area (Å²) in [6.07, 6.45) is 0. The maximum atomic E-state index is 13.2. The van der Waals surface area contributed by atoms with Gasteiger partial charge in [0.25, 0.3) is 5.56 Å². The first-order chi connectivity index (χ1) is 13.3. The van der Waals surface area contributed by atoms with Crippen LogP contribution in [-0.2, 0) is 0 Å². The number of nitrogens with zero attached hydrogens (tertiary/aromatic N) is 2. The molecule has 0 fully saturated rings. The molecule has 2 N–H and O–H groups in total. The summed E-state index contributed by atoms with van der Waals surface area (Å²) in [7, 11) is 0. The maximum absolute atomic E-state index is 13.2. The number of fused-ring (bicyclic) bond motifs is 6. The zero-order valence-corrected chi connectivity index (χ0v) is 15.0. The second-order valence-electron chi connectivity index (χ2n) is 6.63. The standard InChI is InChI=1S/C21H14N4OS/c26-21-13-7-2-4-9-15(13)23-20-19-17(12-6-1-3-8-14(12)22-19)18(24-25(20)21)16-10-5-11-27-16/h1-11,18,22,24H. The first-order valence-corrected chi connectivity index (χ1v) is 9.62. The van der Waals surface area contributed by atoms with Gasteiger partial charge in [-0.05, 0) is 29.6 Å². The van der Waals surface area contributed by atoms with Crippen LogP contribution >= 0.6 is 11.3 Å². The Morgan fingerprint density at radius 1 is 0.963 bits per heavy atom. The molecule has 0 radical (unpaired) electrons. The molecule has 5 aromatic rings. The third kappa shape index (κ3) is 1.98. The smallest absolute Gasteiger partial charge is 0.280 e. The Morgan fingerprint density at radius 2 is 1.78 bits per heavy atom. The van der Waals surface area contributed by atoms with E-state index >= 15 is 0 Å². The maximum Gasteiger partial charge on any atom is 0.280 e. The Balaban J connectivity index is 1.75. The van der Waals surface area contributed by atoms with Crippen molar-refractivity contribution in [2.24, 2.45) is 0 Å². The predicted molar refractivity (Wildman–Crippen MR) is 109 cm³/mol. The summed E-state index contributed by atoms with van der Waals surface area (Å²) >= 11 is 1.68. The third-order valence-electron chi connectivity index (χ3n) is 5.12. The van der Waals surface area contributed by atoms with Gasteiger partial charge in [0, 0.05) is 21.3 Å². The van der Waals surface area contributed by atoms with E-state index in [2.05, 4.69) is 34.0 Å². The lowest BCUT2D eigenvalue weighted by atomic mass is 9.99. The van der Waals surface area contributed by atoms with Crippen LogP contribution in [0.1, 0.15) is 16.5 Å². The lowest BCUT2D eigenvalue weighted by Gasteiger charge is -2.28. The van der Waals surface area contributed by atoms with Crippen LogP contribution in [0, 0.1) is 0 Å². The number of thiophene rings is 1. The quantitative estimate of drug-likeness (QED) is 0.464. The fraction of sp³-hybridized carbons (Fsp3) is 0.0476. The second-order valence-corrected chi connectivity index (χ2v) is 7.61. The van der Waals surface area contributed by atoms with Crippen molar-refractivity contribution in [2.75, 3.05) is 5.43 Å². The van der Waals surface area contributed by atoms with Crippen LogP contribution in [0.2, 0.25) is 0 Å². The highest BCUT2D eigenvalue weighted by Gasteiger charge is 2.32. The number of H-pyrrole nitrogens is 1. The molecule has 0 aliphatic carbocycles. The zero-order chi connectivity index (χ0) is 18.0. The SMILES string of the molecule is O=c1c2ccccc2nc2n1NC(c1cccs1)c1c-2[nH]c2ccccc12. The Bertz CT molecular complexity index is 1380. The van der Waals surface area contributed by atoms with Gasteiger partial charge in [0.15, 0.2) is 5.82 Å². The van der Waals surface area contributed by atoms with Gasteiger partial charge in [-0.1, -0.05) is 36.4 Å². The number of para-hydroxylation sites is 2. The normalized spacial score (nSPS) is 15.5. The molecule has 0 spiro atoms. The van der Waals surface area contributed by atoms with E-state index in [9.17, 15) is 4.79 Å². The van der Waals surface area contributed by atoms with E-state index in [1.807, 2.05) is 42.5 Å². The topological polar surface area (TPSA) is 62.7 Å². The molecule has 2 aromatic carbocycles. The first kappa shape index (κ1) is 14.8. The van der Waals surface area contributed by atoms with Crippen LogP contribution < -0.4 is 11.0 Å². The molecule has 6 heteroatoms. The fourth-order valence-electron chi connectivity index (χ4n) is 3.92. The minimum Gasteiger partial charge on any atom is -0.352 e. The van der Waals surface area contributed by atoms with Gasteiger partial charge in [0.1, 0.15) is 6.04 Å². The molecule has 0 saturated carbocycles. The van der Waals surface area contributed by atoms with Gasteiger partial charge in [0.2, 0.25) is 0 Å². The average Bonchev–Trinajstić information content (AvgIpc) is 3.36. The van der Waals surface area contributed by atoms with Crippen molar-refractivity contribution in [1.29, 1.82) is 0 Å². The van der Waals surface area contributed by atoms with Crippen molar-refractivity contribution >= 4 is 33.1 Å². The molecule has 1 atom stereocenters. The predicted octanol–water partition coefficient (Wildman–Crippen LogP) is 4.25. The van der Waals surface area contributed by atoms with Crippen LogP contribution in [-0.4, -0.2) is 14.6 Å². The van der Waals surface area contributed by atoms with E-state index in [4.69, 9.17) is 4.98 Å². The van der Waals surface area contributed by atoms with E-state index < -0.39 is 0 Å². The highest BCUT2D eigenvalue weighted by Crippen LogP contribution is 2.41. The number of nitrogens with one attached hydrogen (secondary N) is 2. The van der Waals surface area contributed by atoms with Crippen molar-refractivity contribution in [2.45, 2.75) is 6.04 Å². The average molecular weight is 370 g/mol. The molecular formula is C21H14N4OS. The van der Waals surface area contributed by atoms with Gasteiger partial charge in [-0.25, -0.2) is 9.66 Å². The van der Waals surface area contributed by atoms with E-state index in [-0.39, 0.29) is 11.6 Å². The molecule has 0 amide bonds. The summed E-state index contributed by atoms with van der Waals surface area (Å²) in [5.41, 5.74) is 7.12. The minimum atomic E-state index is -0.107. The van der Waals surface area contributed by atoms with Crippen LogP contribution in [0.3, 0.4) is 0 Å². The van der Waals surface area contributed by atoms with Crippen LogP contribution in [0.4, 0.5) is 0 Å². The Labute approximate surface area is 157 Å². The molecule has 6 rings (SSSR count). The van der Waals surface area contributed by atoms with Gasteiger partial charge in [-0.2, -0.15) is 0 Å². The van der Waals surface area contributed by atoms with E-state index in [1.54, 1.807) is 16.0 Å². The minimum absolute atomic E-state index is 0.0820. The molecule has 1 unspecified atom stereocenters. The summed E-state index contributed by atoms with van der Waals surface area (Å²) in [5.74, 6) is 0.623. The number of hydrogen-bond acceptors (Lipinski definition) is 4. The van der Waals surface area contributed by atoms with Crippen molar-refractivity contribution < 1.29 is 0 Å². The Morgan fingerprint density at radius 3 is 2.63 bits per heavy atom. The molecule has 0 saturated heterocycles. The number of benzene rings is 2. The van der Waals surface area contributed by atoms with Crippen LogP contribution in [0.25, 0.3) is 33.3 Å². The van der Waals surface area contributed by atoms with Gasteiger partial charge in [-0.15, -0.1) is 11.3 Å². The summed E-state index contributed by atoms with van der Waals surface area (Å²) in [5, 5.41) is 3.81. The summed E-state index contributed by atoms with van der Waals surface area (Å²) in [6, 6.07) is 19.7. The van der Waals surface area contributed by atoms with E-state index in [1.165, 1.54) is 0 Å². The second kappa shape index (κ2) is 5.31. The molecular weight excluding hydrogens is 356 g/mol. The van der Waals surface area contributed by atoms with Gasteiger partial charge >= 0.3 is 0 Å². The highest BCUT2D eigenvalue weighted by molar-refractivity contribution is 7.10. The summed E-state index contributed by atoms with van der Waals surface area (Å²) in [6.45, 7) is 0. The number of hydrogen-bond donors (Lipinski definition) is 2. The largest absolute Gasteiger partial charge is 0.352 e. The lowest BCUT2D eigenvalue weighted by molar-refractivity contribution is 0.718. The van der Waals surface area contributed by atoms with Crippen LogP contribution in [0.15, 0.2) is 70.8 Å². The molecule has 3 aromatic heterocycles. The molecule has 1 aliphatic rings. The van der Waals surface area contributed by atoms with Crippen molar-refractivity contribution in [3.63, 3.8) is 0 Å². The van der Waals surface area contributed by atoms with Gasteiger partial charge in [0.05, 0.1) is 16.6 Å². The number of aromatic amines is 1. The van der Waals surface area contributed by atoms with E-state index in [0.717, 1.165) is 27.0 Å². The van der Waals surface area contributed by atoms with Crippen LogP contribution in [0.5, 0.6) is 0 Å².